The molecular weight excluding hydrogens is 376 g/mol. The Morgan fingerprint density at radius 1 is 1.15 bits per heavy atom. The summed E-state index contributed by atoms with van der Waals surface area (Å²) in [6.07, 6.45) is 4.75. The number of benzene rings is 1. The van der Waals surface area contributed by atoms with Gasteiger partial charge in [-0.15, -0.1) is 11.8 Å². The Kier molecular flexibility index (Phi) is 6.02. The molecule has 0 radical (unpaired) electrons. The highest BCUT2D eigenvalue weighted by Crippen LogP contribution is 2.33. The van der Waals surface area contributed by atoms with Crippen molar-refractivity contribution in [1.82, 2.24) is 9.88 Å². The number of aryl methyl sites for hydroxylation is 1. The minimum Gasteiger partial charge on any atom is -0.379 e. The second-order valence-electron chi connectivity index (χ2n) is 6.44. The van der Waals surface area contributed by atoms with Crippen LogP contribution in [0.2, 0.25) is 5.02 Å². The summed E-state index contributed by atoms with van der Waals surface area (Å²) in [7, 11) is 4.03. The van der Waals surface area contributed by atoms with Gasteiger partial charge in [-0.3, -0.25) is 4.98 Å². The number of allylic oxidation sites excluding steroid dienone is 1. The molecule has 2 aromatic rings. The predicted octanol–water partition coefficient (Wildman–Crippen LogP) is 5.33. The highest BCUT2D eigenvalue weighted by atomic mass is 35.5. The quantitative estimate of drug-likeness (QED) is 0.701. The minimum absolute atomic E-state index is 0.663. The average Bonchev–Trinajstić information content (AvgIpc) is 2.83. The molecule has 0 aliphatic carbocycles. The Balaban J connectivity index is 2.37. The third-order valence-corrected chi connectivity index (χ3v) is 5.54. The van der Waals surface area contributed by atoms with Gasteiger partial charge < -0.3 is 4.90 Å². The number of thioether (sulfide) groups is 1. The van der Waals surface area contributed by atoms with Crippen molar-refractivity contribution in [3.63, 3.8) is 0 Å². The van der Waals surface area contributed by atoms with Gasteiger partial charge in [-0.1, -0.05) is 36.7 Å². The summed E-state index contributed by atoms with van der Waals surface area (Å²) in [4.78, 5) is 16.7. The van der Waals surface area contributed by atoms with Crippen LogP contribution in [-0.4, -0.2) is 41.0 Å². The van der Waals surface area contributed by atoms with Crippen molar-refractivity contribution < 1.29 is 0 Å². The van der Waals surface area contributed by atoms with Crippen molar-refractivity contribution in [2.24, 2.45) is 9.98 Å². The lowest BCUT2D eigenvalue weighted by Gasteiger charge is -2.17. The fourth-order valence-corrected chi connectivity index (χ4v) is 3.59. The fraction of sp³-hybridized carbons (Fsp3) is 0.286. The molecule has 140 valence electrons. The first-order valence-electron chi connectivity index (χ1n) is 8.80. The molecule has 0 saturated heterocycles. The zero-order valence-corrected chi connectivity index (χ0v) is 17.8. The van der Waals surface area contributed by atoms with E-state index in [1.165, 1.54) is 0 Å². The summed E-state index contributed by atoms with van der Waals surface area (Å²) >= 11 is 8.12. The summed E-state index contributed by atoms with van der Waals surface area (Å²) in [6.45, 7) is 4.15. The van der Waals surface area contributed by atoms with Crippen molar-refractivity contribution in [2.75, 3.05) is 20.4 Å². The Labute approximate surface area is 170 Å². The van der Waals surface area contributed by atoms with Gasteiger partial charge in [0.05, 0.1) is 11.4 Å². The number of hydrogen-bond donors (Lipinski definition) is 0. The second-order valence-corrected chi connectivity index (χ2v) is 7.64. The number of rotatable bonds is 3. The average molecular weight is 399 g/mol. The van der Waals surface area contributed by atoms with Gasteiger partial charge in [0.1, 0.15) is 10.7 Å². The molecule has 1 aliphatic heterocycles. The SMILES string of the molecule is CCc1cc2c(cn1)C(c1ccccc1Cl)=NC(=C(C)N(C)C)C(SC)=N2. The van der Waals surface area contributed by atoms with Crippen LogP contribution in [0.1, 0.15) is 30.7 Å². The number of hydrogen-bond acceptors (Lipinski definition) is 5. The van der Waals surface area contributed by atoms with E-state index in [9.17, 15) is 0 Å². The Bertz CT molecular complexity index is 960. The van der Waals surface area contributed by atoms with Crippen molar-refractivity contribution in [3.8, 4) is 0 Å². The molecule has 1 aliphatic rings. The molecular formula is C21H23ClN4S. The normalized spacial score (nSPS) is 15.5. The van der Waals surface area contributed by atoms with E-state index in [2.05, 4.69) is 23.7 Å². The third kappa shape index (κ3) is 3.94. The molecule has 0 bridgehead atoms. The number of pyridine rings is 1. The first-order valence-corrected chi connectivity index (χ1v) is 10.4. The van der Waals surface area contributed by atoms with Gasteiger partial charge in [-0.2, -0.15) is 0 Å². The molecule has 27 heavy (non-hydrogen) atoms. The number of aromatic nitrogens is 1. The van der Waals surface area contributed by atoms with Crippen LogP contribution in [0.15, 0.2) is 57.9 Å². The van der Waals surface area contributed by atoms with Gasteiger partial charge in [0, 0.05) is 47.8 Å². The molecule has 0 saturated carbocycles. The number of aliphatic imine (C=N–C) groups is 2. The van der Waals surface area contributed by atoms with Gasteiger partial charge in [0.25, 0.3) is 0 Å². The Morgan fingerprint density at radius 3 is 2.52 bits per heavy atom. The van der Waals surface area contributed by atoms with E-state index in [1.54, 1.807) is 11.8 Å². The summed E-state index contributed by atoms with van der Waals surface area (Å²) < 4.78 is 0. The van der Waals surface area contributed by atoms with E-state index >= 15 is 0 Å². The van der Waals surface area contributed by atoms with Crippen molar-refractivity contribution in [2.45, 2.75) is 20.3 Å². The first-order chi connectivity index (χ1) is 13.0. The predicted molar refractivity (Wildman–Crippen MR) is 118 cm³/mol. The molecule has 0 unspecified atom stereocenters. The molecule has 0 spiro atoms. The summed E-state index contributed by atoms with van der Waals surface area (Å²) in [5.74, 6) is 0. The van der Waals surface area contributed by atoms with Crippen LogP contribution in [0, 0.1) is 0 Å². The van der Waals surface area contributed by atoms with Crippen LogP contribution in [0.4, 0.5) is 5.69 Å². The molecule has 6 heteroatoms. The van der Waals surface area contributed by atoms with E-state index in [0.29, 0.717) is 5.02 Å². The van der Waals surface area contributed by atoms with Gasteiger partial charge in [-0.25, -0.2) is 9.98 Å². The maximum atomic E-state index is 6.53. The monoisotopic (exact) mass is 398 g/mol. The van der Waals surface area contributed by atoms with Gasteiger partial charge in [0.15, 0.2) is 0 Å². The van der Waals surface area contributed by atoms with Crippen LogP contribution >= 0.6 is 23.4 Å². The molecule has 4 nitrogen and oxygen atoms in total. The largest absolute Gasteiger partial charge is 0.379 e. The second kappa shape index (κ2) is 8.28. The van der Waals surface area contributed by atoms with Gasteiger partial charge in [0.2, 0.25) is 0 Å². The molecule has 0 N–H and O–H groups in total. The number of nitrogens with zero attached hydrogens (tertiary/aromatic N) is 4. The van der Waals surface area contributed by atoms with Crippen LogP contribution < -0.4 is 0 Å². The standard InChI is InChI=1S/C21H23ClN4S/c1-6-14-11-18-16(12-23-14)20(15-9-7-8-10-17(15)22)25-19(13(2)26(3)4)21(24-18)27-5/h7-12H,6H2,1-5H3. The van der Waals surface area contributed by atoms with Crippen LogP contribution in [0.25, 0.3) is 0 Å². The molecule has 3 rings (SSSR count). The van der Waals surface area contributed by atoms with E-state index in [4.69, 9.17) is 21.6 Å². The third-order valence-electron chi connectivity index (χ3n) is 4.54. The molecule has 0 amide bonds. The highest BCUT2D eigenvalue weighted by Gasteiger charge is 2.23. The molecule has 1 aromatic heterocycles. The Morgan fingerprint density at radius 2 is 1.89 bits per heavy atom. The van der Waals surface area contributed by atoms with E-state index in [1.807, 2.05) is 56.9 Å². The zero-order valence-electron chi connectivity index (χ0n) is 16.2. The molecule has 2 heterocycles. The number of fused-ring (bicyclic) bond motifs is 1. The van der Waals surface area contributed by atoms with E-state index < -0.39 is 0 Å². The van der Waals surface area contributed by atoms with Gasteiger partial charge >= 0.3 is 0 Å². The van der Waals surface area contributed by atoms with Crippen molar-refractivity contribution in [1.29, 1.82) is 0 Å². The first kappa shape index (κ1) is 19.6. The van der Waals surface area contributed by atoms with Crippen molar-refractivity contribution in [3.05, 3.63) is 69.8 Å². The zero-order chi connectivity index (χ0) is 19.6. The van der Waals surface area contributed by atoms with Crippen molar-refractivity contribution >= 4 is 39.8 Å². The molecule has 0 atom stereocenters. The lowest BCUT2D eigenvalue weighted by atomic mass is 10.0. The Hall–Kier alpha value is -2.11. The summed E-state index contributed by atoms with van der Waals surface area (Å²) in [5.41, 5.74) is 6.37. The topological polar surface area (TPSA) is 40.9 Å². The smallest absolute Gasteiger partial charge is 0.124 e. The maximum Gasteiger partial charge on any atom is 0.124 e. The van der Waals surface area contributed by atoms with E-state index in [0.717, 1.165) is 51.1 Å². The highest BCUT2D eigenvalue weighted by molar-refractivity contribution is 8.13. The molecule has 1 aromatic carbocycles. The fourth-order valence-electron chi connectivity index (χ4n) is 2.79. The van der Waals surface area contributed by atoms with Gasteiger partial charge in [-0.05, 0) is 31.7 Å². The van der Waals surface area contributed by atoms with Crippen LogP contribution in [0.3, 0.4) is 0 Å². The minimum atomic E-state index is 0.663. The lowest BCUT2D eigenvalue weighted by Crippen LogP contribution is -2.14. The van der Waals surface area contributed by atoms with Crippen LogP contribution in [0.5, 0.6) is 0 Å². The lowest BCUT2D eigenvalue weighted by molar-refractivity contribution is 0.509. The summed E-state index contributed by atoms with van der Waals surface area (Å²) in [5, 5.41) is 1.55. The summed E-state index contributed by atoms with van der Waals surface area (Å²) in [6, 6.07) is 9.82. The van der Waals surface area contributed by atoms with Crippen LogP contribution in [-0.2, 0) is 6.42 Å². The number of halogens is 1. The maximum absolute atomic E-state index is 6.53. The molecule has 0 fully saturated rings. The van der Waals surface area contributed by atoms with E-state index in [-0.39, 0.29) is 0 Å².